The monoisotopic (exact) mass is 366 g/mol. The molecule has 1 aromatic carbocycles. The van der Waals surface area contributed by atoms with E-state index in [1.165, 1.54) is 10.4 Å². The summed E-state index contributed by atoms with van der Waals surface area (Å²) in [5.41, 5.74) is 5.68. The number of nitrogens with zero attached hydrogens (tertiary/aromatic N) is 1. The Labute approximate surface area is 127 Å². The summed E-state index contributed by atoms with van der Waals surface area (Å²) in [6.45, 7) is 0.851. The van der Waals surface area contributed by atoms with Crippen LogP contribution >= 0.6 is 27.5 Å². The Bertz CT molecular complexity index is 565. The molecule has 19 heavy (non-hydrogen) atoms. The van der Waals surface area contributed by atoms with Gasteiger partial charge in [-0.15, -0.1) is 0 Å². The summed E-state index contributed by atoms with van der Waals surface area (Å²) in [7, 11) is -3.57. The van der Waals surface area contributed by atoms with Crippen LogP contribution < -0.4 is 5.73 Å². The van der Waals surface area contributed by atoms with Gasteiger partial charge in [-0.1, -0.05) is 34.0 Å². The fourth-order valence-electron chi connectivity index (χ4n) is 2.34. The summed E-state index contributed by atoms with van der Waals surface area (Å²) in [5.74, 6) is 0. The predicted molar refractivity (Wildman–Crippen MR) is 79.7 cm³/mol. The Hall–Kier alpha value is -0.140. The quantitative estimate of drug-likeness (QED) is 0.893. The third-order valence-corrected chi connectivity index (χ3v) is 6.25. The third-order valence-electron chi connectivity index (χ3n) is 3.33. The van der Waals surface area contributed by atoms with Crippen molar-refractivity contribution in [1.29, 1.82) is 0 Å². The van der Waals surface area contributed by atoms with Gasteiger partial charge in [0, 0.05) is 23.6 Å². The van der Waals surface area contributed by atoms with E-state index < -0.39 is 10.0 Å². The molecule has 2 N–H and O–H groups in total. The summed E-state index contributed by atoms with van der Waals surface area (Å²) in [6.07, 6.45) is 2.69. The lowest BCUT2D eigenvalue weighted by Crippen LogP contribution is -2.47. The molecule has 0 spiro atoms. The molecule has 2 rings (SSSR count). The molecule has 7 heteroatoms. The van der Waals surface area contributed by atoms with Crippen LogP contribution in [0.25, 0.3) is 0 Å². The van der Waals surface area contributed by atoms with E-state index in [1.807, 2.05) is 0 Å². The van der Waals surface area contributed by atoms with E-state index in [2.05, 4.69) is 15.9 Å². The zero-order chi connectivity index (χ0) is 14.0. The zero-order valence-corrected chi connectivity index (χ0v) is 13.5. The van der Waals surface area contributed by atoms with Crippen molar-refractivity contribution in [3.8, 4) is 0 Å². The van der Waals surface area contributed by atoms with E-state index in [4.69, 9.17) is 17.3 Å². The molecular weight excluding hydrogens is 352 g/mol. The summed E-state index contributed by atoms with van der Waals surface area (Å²) in [6, 6.07) is 4.68. The molecule has 1 unspecified atom stereocenters. The lowest BCUT2D eigenvalue weighted by atomic mass is 10.1. The molecule has 106 valence electrons. The van der Waals surface area contributed by atoms with Crippen LogP contribution in [-0.2, 0) is 10.0 Å². The fourth-order valence-corrected chi connectivity index (χ4v) is 5.05. The van der Waals surface area contributed by atoms with Crippen LogP contribution in [0.5, 0.6) is 0 Å². The van der Waals surface area contributed by atoms with Crippen molar-refractivity contribution in [2.45, 2.75) is 30.2 Å². The summed E-state index contributed by atoms with van der Waals surface area (Å²) in [4.78, 5) is 0.151. The second-order valence-electron chi connectivity index (χ2n) is 4.58. The van der Waals surface area contributed by atoms with Gasteiger partial charge in [0.25, 0.3) is 0 Å². The Morgan fingerprint density at radius 1 is 1.42 bits per heavy atom. The first kappa shape index (κ1) is 15.3. The van der Waals surface area contributed by atoms with Crippen molar-refractivity contribution >= 4 is 37.6 Å². The molecule has 1 aromatic rings. The molecule has 0 amide bonds. The predicted octanol–water partition coefficient (Wildman–Crippen LogP) is 2.60. The fraction of sp³-hybridized carbons (Fsp3) is 0.500. The van der Waals surface area contributed by atoms with Gasteiger partial charge < -0.3 is 5.73 Å². The van der Waals surface area contributed by atoms with Crippen molar-refractivity contribution in [3.63, 3.8) is 0 Å². The Morgan fingerprint density at radius 2 is 2.16 bits per heavy atom. The molecular formula is C12H16BrClN2O2S. The van der Waals surface area contributed by atoms with Crippen LogP contribution in [0.3, 0.4) is 0 Å². The van der Waals surface area contributed by atoms with Gasteiger partial charge in [0.2, 0.25) is 10.0 Å². The lowest BCUT2D eigenvalue weighted by Gasteiger charge is -2.34. The lowest BCUT2D eigenvalue weighted by molar-refractivity contribution is 0.257. The number of hydrogen-bond acceptors (Lipinski definition) is 3. The summed E-state index contributed by atoms with van der Waals surface area (Å²) in [5, 5.41) is 0.232. The minimum Gasteiger partial charge on any atom is -0.329 e. The Balaban J connectivity index is 2.40. The summed E-state index contributed by atoms with van der Waals surface area (Å²) < 4.78 is 27.6. The SMILES string of the molecule is NCC1CCCCN1S(=O)(=O)c1ccc(Br)cc1Cl. The molecule has 1 fully saturated rings. The minimum atomic E-state index is -3.57. The number of hydrogen-bond donors (Lipinski definition) is 1. The van der Waals surface area contributed by atoms with Gasteiger partial charge in [0.05, 0.1) is 5.02 Å². The molecule has 4 nitrogen and oxygen atoms in total. The van der Waals surface area contributed by atoms with Gasteiger partial charge in [-0.05, 0) is 31.0 Å². The Kier molecular flexibility index (Phi) is 4.89. The molecule has 1 heterocycles. The van der Waals surface area contributed by atoms with Gasteiger partial charge in [-0.25, -0.2) is 8.42 Å². The zero-order valence-electron chi connectivity index (χ0n) is 10.4. The maximum Gasteiger partial charge on any atom is 0.244 e. The van der Waals surface area contributed by atoms with E-state index >= 15 is 0 Å². The number of rotatable bonds is 3. The maximum absolute atomic E-state index is 12.7. The smallest absolute Gasteiger partial charge is 0.244 e. The van der Waals surface area contributed by atoms with Crippen LogP contribution in [0.4, 0.5) is 0 Å². The van der Waals surface area contributed by atoms with Crippen LogP contribution in [-0.4, -0.2) is 31.9 Å². The first-order chi connectivity index (χ1) is 8.96. The van der Waals surface area contributed by atoms with E-state index in [9.17, 15) is 8.42 Å². The van der Waals surface area contributed by atoms with Crippen LogP contribution in [0.2, 0.25) is 5.02 Å². The van der Waals surface area contributed by atoms with Crippen molar-refractivity contribution in [3.05, 3.63) is 27.7 Å². The highest BCUT2D eigenvalue weighted by Gasteiger charge is 2.33. The standard InChI is InChI=1S/C12H16BrClN2O2S/c13-9-4-5-12(11(14)7-9)19(17,18)16-6-2-1-3-10(16)8-15/h4-5,7,10H,1-3,6,8,15H2. The van der Waals surface area contributed by atoms with Gasteiger partial charge in [0.15, 0.2) is 0 Å². The molecule has 0 bridgehead atoms. The van der Waals surface area contributed by atoms with Gasteiger partial charge in [0.1, 0.15) is 4.90 Å². The van der Waals surface area contributed by atoms with E-state index in [0.29, 0.717) is 13.1 Å². The van der Waals surface area contributed by atoms with E-state index in [0.717, 1.165) is 23.7 Å². The van der Waals surface area contributed by atoms with Crippen molar-refractivity contribution in [2.75, 3.05) is 13.1 Å². The third kappa shape index (κ3) is 3.13. The normalized spacial score (nSPS) is 21.5. The highest BCUT2D eigenvalue weighted by atomic mass is 79.9. The minimum absolute atomic E-state index is 0.126. The molecule has 1 aliphatic rings. The van der Waals surface area contributed by atoms with Crippen molar-refractivity contribution in [1.82, 2.24) is 4.31 Å². The van der Waals surface area contributed by atoms with Crippen molar-refractivity contribution < 1.29 is 8.42 Å². The molecule has 1 atom stereocenters. The average Bonchev–Trinajstić information content (AvgIpc) is 2.38. The highest BCUT2D eigenvalue weighted by Crippen LogP contribution is 2.31. The van der Waals surface area contributed by atoms with Crippen LogP contribution in [0, 0.1) is 0 Å². The number of halogens is 2. The van der Waals surface area contributed by atoms with Gasteiger partial charge in [-0.3, -0.25) is 0 Å². The van der Waals surface area contributed by atoms with E-state index in [-0.39, 0.29) is 16.0 Å². The second-order valence-corrected chi connectivity index (χ2v) is 7.76. The molecule has 0 aliphatic carbocycles. The largest absolute Gasteiger partial charge is 0.329 e. The number of nitrogens with two attached hydrogens (primary N) is 1. The second kappa shape index (κ2) is 6.10. The number of sulfonamides is 1. The van der Waals surface area contributed by atoms with Crippen LogP contribution in [0.15, 0.2) is 27.6 Å². The van der Waals surface area contributed by atoms with Gasteiger partial charge in [-0.2, -0.15) is 4.31 Å². The average molecular weight is 368 g/mol. The van der Waals surface area contributed by atoms with E-state index in [1.54, 1.807) is 12.1 Å². The number of benzene rings is 1. The highest BCUT2D eigenvalue weighted by molar-refractivity contribution is 9.10. The van der Waals surface area contributed by atoms with Crippen LogP contribution in [0.1, 0.15) is 19.3 Å². The molecule has 0 radical (unpaired) electrons. The maximum atomic E-state index is 12.7. The topological polar surface area (TPSA) is 63.4 Å². The van der Waals surface area contributed by atoms with Gasteiger partial charge >= 0.3 is 0 Å². The number of piperidine rings is 1. The first-order valence-electron chi connectivity index (χ1n) is 6.14. The molecule has 1 saturated heterocycles. The van der Waals surface area contributed by atoms with Crippen molar-refractivity contribution in [2.24, 2.45) is 5.73 Å². The first-order valence-corrected chi connectivity index (χ1v) is 8.75. The molecule has 0 saturated carbocycles. The summed E-state index contributed by atoms with van der Waals surface area (Å²) >= 11 is 9.33. The Morgan fingerprint density at radius 3 is 2.79 bits per heavy atom. The molecule has 1 aliphatic heterocycles. The molecule has 0 aromatic heterocycles.